The number of anilines is 1. The maximum atomic E-state index is 12.7. The summed E-state index contributed by atoms with van der Waals surface area (Å²) in [4.78, 5) is 14.8. The quantitative estimate of drug-likeness (QED) is 0.877. The molecule has 1 amide bonds. The van der Waals surface area contributed by atoms with Gasteiger partial charge in [-0.05, 0) is 36.8 Å². The van der Waals surface area contributed by atoms with E-state index in [9.17, 15) is 18.0 Å². The lowest BCUT2D eigenvalue weighted by molar-refractivity contribution is -0.141. The van der Waals surface area contributed by atoms with Gasteiger partial charge in [0.05, 0.1) is 5.56 Å². The van der Waals surface area contributed by atoms with E-state index in [2.05, 4.69) is 17.2 Å². The van der Waals surface area contributed by atoms with Gasteiger partial charge in [-0.3, -0.25) is 4.79 Å². The van der Waals surface area contributed by atoms with Crippen LogP contribution in [0.2, 0.25) is 0 Å². The molecule has 1 heterocycles. The Hall–Kier alpha value is -1.79. The van der Waals surface area contributed by atoms with Gasteiger partial charge in [-0.2, -0.15) is 13.2 Å². The van der Waals surface area contributed by atoms with E-state index in [4.69, 9.17) is 5.73 Å². The summed E-state index contributed by atoms with van der Waals surface area (Å²) in [6, 6.07) is 1.84. The van der Waals surface area contributed by atoms with Crippen LogP contribution >= 0.6 is 0 Å². The number of hydrogen-bond acceptors (Lipinski definition) is 3. The van der Waals surface area contributed by atoms with Gasteiger partial charge in [0.2, 0.25) is 0 Å². The number of nitrogens with two attached hydrogens (primary N) is 1. The number of pyridine rings is 1. The summed E-state index contributed by atoms with van der Waals surface area (Å²) < 4.78 is 38.1. The number of nitrogens with one attached hydrogen (secondary N) is 1. The van der Waals surface area contributed by atoms with Gasteiger partial charge in [0.25, 0.3) is 5.91 Å². The molecule has 21 heavy (non-hydrogen) atoms. The first-order chi connectivity index (χ1) is 9.77. The molecule has 0 aromatic carbocycles. The van der Waals surface area contributed by atoms with Crippen molar-refractivity contribution in [1.29, 1.82) is 0 Å². The Labute approximate surface area is 120 Å². The van der Waals surface area contributed by atoms with Crippen LogP contribution in [0.4, 0.5) is 19.0 Å². The summed E-state index contributed by atoms with van der Waals surface area (Å²) >= 11 is 0. The molecule has 1 aromatic heterocycles. The number of primary amides is 1. The molecule has 7 heteroatoms. The zero-order valence-electron chi connectivity index (χ0n) is 11.8. The minimum atomic E-state index is -4.55. The molecular formula is C14H18F3N3O. The molecular weight excluding hydrogens is 283 g/mol. The third kappa shape index (κ3) is 3.28. The van der Waals surface area contributed by atoms with Crippen LogP contribution in [0.5, 0.6) is 0 Å². The van der Waals surface area contributed by atoms with Gasteiger partial charge < -0.3 is 11.1 Å². The van der Waals surface area contributed by atoms with Crippen molar-refractivity contribution in [3.05, 3.63) is 23.4 Å². The Morgan fingerprint density at radius 2 is 2.10 bits per heavy atom. The zero-order valence-corrected chi connectivity index (χ0v) is 11.8. The van der Waals surface area contributed by atoms with Crippen LogP contribution in [0.1, 0.15) is 48.7 Å². The van der Waals surface area contributed by atoms with E-state index >= 15 is 0 Å². The summed E-state index contributed by atoms with van der Waals surface area (Å²) in [6.07, 6.45) is -0.437. The van der Waals surface area contributed by atoms with Crippen molar-refractivity contribution >= 4 is 11.7 Å². The van der Waals surface area contributed by atoms with Crippen LogP contribution in [0.15, 0.2) is 12.1 Å². The summed E-state index contributed by atoms with van der Waals surface area (Å²) in [7, 11) is 0. The molecule has 4 nitrogen and oxygen atoms in total. The van der Waals surface area contributed by atoms with Gasteiger partial charge in [0, 0.05) is 6.54 Å². The average Bonchev–Trinajstić information content (AvgIpc) is 2.36. The highest BCUT2D eigenvalue weighted by Gasteiger charge is 2.36. The summed E-state index contributed by atoms with van der Waals surface area (Å²) in [5, 5.41) is 2.89. The Balaban J connectivity index is 2.24. The van der Waals surface area contributed by atoms with E-state index < -0.39 is 17.8 Å². The van der Waals surface area contributed by atoms with Crippen molar-refractivity contribution in [3.63, 3.8) is 0 Å². The van der Waals surface area contributed by atoms with Crippen molar-refractivity contribution in [3.8, 4) is 0 Å². The lowest BCUT2D eigenvalue weighted by atomic mass is 9.67. The van der Waals surface area contributed by atoms with Gasteiger partial charge >= 0.3 is 6.18 Å². The fraction of sp³-hybridized carbons (Fsp3) is 0.571. The molecule has 0 radical (unpaired) electrons. The molecule has 0 unspecified atom stereocenters. The molecule has 0 spiro atoms. The highest BCUT2D eigenvalue weighted by Crippen LogP contribution is 2.43. The number of amides is 1. The van der Waals surface area contributed by atoms with Crippen molar-refractivity contribution in [2.24, 2.45) is 11.1 Å². The first-order valence-electron chi connectivity index (χ1n) is 6.89. The molecule has 1 aliphatic rings. The third-order valence-electron chi connectivity index (χ3n) is 4.25. The summed E-state index contributed by atoms with van der Waals surface area (Å²) in [5.74, 6) is -0.880. The number of rotatable bonds is 5. The normalized spacial score (nSPS) is 17.1. The second-order valence-corrected chi connectivity index (χ2v) is 5.52. The van der Waals surface area contributed by atoms with E-state index in [1.807, 2.05) is 0 Å². The van der Waals surface area contributed by atoms with Crippen LogP contribution in [0, 0.1) is 5.41 Å². The Kier molecular flexibility index (Phi) is 4.11. The van der Waals surface area contributed by atoms with E-state index in [0.29, 0.717) is 6.54 Å². The Bertz CT molecular complexity index is 533. The first-order valence-corrected chi connectivity index (χ1v) is 6.89. The lowest BCUT2D eigenvalue weighted by Gasteiger charge is -2.41. The average molecular weight is 301 g/mol. The van der Waals surface area contributed by atoms with Gasteiger partial charge in [0.15, 0.2) is 0 Å². The SMILES string of the molecule is CCC1(CNc2nc(C(F)(F)F)ccc2C(N)=O)CCC1. The largest absolute Gasteiger partial charge is 0.433 e. The number of nitrogens with zero attached hydrogens (tertiary/aromatic N) is 1. The van der Waals surface area contributed by atoms with Gasteiger partial charge in [-0.15, -0.1) is 0 Å². The van der Waals surface area contributed by atoms with Crippen LogP contribution in [0.25, 0.3) is 0 Å². The number of carbonyl (C=O) groups excluding carboxylic acids is 1. The molecule has 1 aliphatic carbocycles. The number of halogens is 3. The standard InChI is InChI=1S/C14H18F3N3O/c1-2-13(6-3-7-13)8-19-12-9(11(18)21)4-5-10(20-12)14(15,16)17/h4-5H,2-3,6-8H2,1H3,(H2,18,21)(H,19,20). The highest BCUT2D eigenvalue weighted by atomic mass is 19.4. The number of carbonyl (C=O) groups is 1. The van der Waals surface area contributed by atoms with E-state index in [1.54, 1.807) is 0 Å². The zero-order chi connectivity index (χ0) is 15.7. The minimum Gasteiger partial charge on any atom is -0.369 e. The topological polar surface area (TPSA) is 68.0 Å². The van der Waals surface area contributed by atoms with E-state index in [-0.39, 0.29) is 16.8 Å². The fourth-order valence-electron chi connectivity index (χ4n) is 2.55. The van der Waals surface area contributed by atoms with Gasteiger partial charge in [-0.25, -0.2) is 4.98 Å². The molecule has 2 rings (SSSR count). The predicted molar refractivity (Wildman–Crippen MR) is 72.8 cm³/mol. The van der Waals surface area contributed by atoms with Crippen molar-refractivity contribution in [2.45, 2.75) is 38.8 Å². The van der Waals surface area contributed by atoms with Crippen molar-refractivity contribution in [2.75, 3.05) is 11.9 Å². The van der Waals surface area contributed by atoms with E-state index in [1.165, 1.54) is 0 Å². The van der Waals surface area contributed by atoms with Gasteiger partial charge in [0.1, 0.15) is 11.5 Å². The van der Waals surface area contributed by atoms with Crippen LogP contribution in [-0.4, -0.2) is 17.4 Å². The molecule has 3 N–H and O–H groups in total. The van der Waals surface area contributed by atoms with Gasteiger partial charge in [-0.1, -0.05) is 13.3 Å². The van der Waals surface area contributed by atoms with Crippen molar-refractivity contribution in [1.82, 2.24) is 4.98 Å². The van der Waals surface area contributed by atoms with E-state index in [0.717, 1.165) is 37.8 Å². The molecule has 0 bridgehead atoms. The Morgan fingerprint density at radius 3 is 2.52 bits per heavy atom. The molecule has 1 aromatic rings. The summed E-state index contributed by atoms with van der Waals surface area (Å²) in [5.41, 5.74) is 4.23. The smallest absolute Gasteiger partial charge is 0.369 e. The highest BCUT2D eigenvalue weighted by molar-refractivity contribution is 5.97. The molecule has 1 fully saturated rings. The summed E-state index contributed by atoms with van der Waals surface area (Å²) in [6.45, 7) is 2.55. The van der Waals surface area contributed by atoms with Crippen LogP contribution < -0.4 is 11.1 Å². The molecule has 0 saturated heterocycles. The van der Waals surface area contributed by atoms with Crippen LogP contribution in [-0.2, 0) is 6.18 Å². The minimum absolute atomic E-state index is 0.0198. The fourth-order valence-corrected chi connectivity index (χ4v) is 2.55. The second-order valence-electron chi connectivity index (χ2n) is 5.52. The molecule has 0 atom stereocenters. The number of aromatic nitrogens is 1. The maximum Gasteiger partial charge on any atom is 0.433 e. The van der Waals surface area contributed by atoms with Crippen LogP contribution in [0.3, 0.4) is 0 Å². The first kappa shape index (κ1) is 15.6. The number of alkyl halides is 3. The maximum absolute atomic E-state index is 12.7. The second kappa shape index (κ2) is 5.54. The molecule has 0 aliphatic heterocycles. The molecule has 1 saturated carbocycles. The predicted octanol–water partition coefficient (Wildman–Crippen LogP) is 3.19. The lowest BCUT2D eigenvalue weighted by Crippen LogP contribution is -2.36. The Morgan fingerprint density at radius 1 is 1.43 bits per heavy atom. The number of hydrogen-bond donors (Lipinski definition) is 2. The molecule has 116 valence electrons. The third-order valence-corrected chi connectivity index (χ3v) is 4.25. The van der Waals surface area contributed by atoms with Crippen molar-refractivity contribution < 1.29 is 18.0 Å². The monoisotopic (exact) mass is 301 g/mol.